The molecule has 4 heteroatoms. The first-order chi connectivity index (χ1) is 9.92. The summed E-state index contributed by atoms with van der Waals surface area (Å²) in [6.45, 7) is 8.45. The third-order valence-corrected chi connectivity index (χ3v) is 4.97. The number of allylic oxidation sites excluding steroid dienone is 1. The van der Waals surface area contributed by atoms with Crippen molar-refractivity contribution in [2.24, 2.45) is 17.8 Å². The van der Waals surface area contributed by atoms with Gasteiger partial charge in [-0.2, -0.15) is 0 Å². The first-order valence-electron chi connectivity index (χ1n) is 8.30. The number of amides is 1. The van der Waals surface area contributed by atoms with E-state index >= 15 is 0 Å². The van der Waals surface area contributed by atoms with Crippen LogP contribution in [-0.2, 0) is 4.74 Å². The Morgan fingerprint density at radius 3 is 2.95 bits per heavy atom. The predicted molar refractivity (Wildman–Crippen MR) is 83.1 cm³/mol. The lowest BCUT2D eigenvalue weighted by Crippen LogP contribution is -2.49. The van der Waals surface area contributed by atoms with Crippen LogP contribution in [0.2, 0.25) is 0 Å². The van der Waals surface area contributed by atoms with Gasteiger partial charge in [0.2, 0.25) is 0 Å². The fourth-order valence-electron chi connectivity index (χ4n) is 3.76. The molecule has 3 aliphatic rings. The molecule has 0 aromatic heterocycles. The number of carbonyl (C=O) groups is 1. The van der Waals surface area contributed by atoms with E-state index in [4.69, 9.17) is 4.74 Å². The van der Waals surface area contributed by atoms with Crippen LogP contribution in [0.5, 0.6) is 0 Å². The lowest BCUT2D eigenvalue weighted by molar-refractivity contribution is 0.0287. The van der Waals surface area contributed by atoms with Gasteiger partial charge in [0.05, 0.1) is 0 Å². The van der Waals surface area contributed by atoms with Crippen molar-refractivity contribution in [3.63, 3.8) is 0 Å². The van der Waals surface area contributed by atoms with E-state index in [2.05, 4.69) is 17.5 Å². The standard InChI is InChI=1S/C17H28N2O2/c1-17(2,3)21-16(20)19-8-7-12(11-19)10-18-15-9-13-5-4-6-14(13)15/h4,6,12-15,18H,5,7-11H2,1-3H3. The van der Waals surface area contributed by atoms with Crippen molar-refractivity contribution in [2.45, 2.75) is 51.7 Å². The van der Waals surface area contributed by atoms with Gasteiger partial charge in [0.15, 0.2) is 0 Å². The number of nitrogens with one attached hydrogen (secondary N) is 1. The lowest BCUT2D eigenvalue weighted by Gasteiger charge is -2.41. The first kappa shape index (κ1) is 14.9. The maximum Gasteiger partial charge on any atom is 0.410 e. The fourth-order valence-corrected chi connectivity index (χ4v) is 3.76. The number of likely N-dealkylation sites (tertiary alicyclic amines) is 1. The third-order valence-electron chi connectivity index (χ3n) is 4.97. The zero-order valence-electron chi connectivity index (χ0n) is 13.5. The minimum atomic E-state index is -0.400. The summed E-state index contributed by atoms with van der Waals surface area (Å²) in [5.74, 6) is 2.25. The van der Waals surface area contributed by atoms with Crippen molar-refractivity contribution in [3.05, 3.63) is 12.2 Å². The van der Waals surface area contributed by atoms with Crippen molar-refractivity contribution < 1.29 is 9.53 Å². The third kappa shape index (κ3) is 3.42. The van der Waals surface area contributed by atoms with E-state index < -0.39 is 5.60 Å². The number of ether oxygens (including phenoxy) is 1. The molecule has 0 spiro atoms. The molecule has 1 saturated carbocycles. The highest BCUT2D eigenvalue weighted by atomic mass is 16.6. The molecule has 4 atom stereocenters. The molecule has 1 saturated heterocycles. The Labute approximate surface area is 127 Å². The SMILES string of the molecule is CC(C)(C)OC(=O)N1CCC(CNC2CC3CC=CC32)C1. The molecule has 21 heavy (non-hydrogen) atoms. The highest BCUT2D eigenvalue weighted by molar-refractivity contribution is 5.68. The summed E-state index contributed by atoms with van der Waals surface area (Å²) >= 11 is 0. The van der Waals surface area contributed by atoms with Crippen LogP contribution in [0.25, 0.3) is 0 Å². The molecule has 2 aliphatic carbocycles. The second-order valence-corrected chi connectivity index (χ2v) is 7.83. The molecule has 1 N–H and O–H groups in total. The zero-order chi connectivity index (χ0) is 15.0. The van der Waals surface area contributed by atoms with E-state index in [-0.39, 0.29) is 6.09 Å². The Bertz CT molecular complexity index is 427. The number of carbonyl (C=O) groups excluding carboxylic acids is 1. The van der Waals surface area contributed by atoms with E-state index in [0.717, 1.165) is 37.9 Å². The molecule has 1 amide bonds. The smallest absolute Gasteiger partial charge is 0.410 e. The normalized spacial score (nSPS) is 34.7. The second-order valence-electron chi connectivity index (χ2n) is 7.83. The average Bonchev–Trinajstić information content (AvgIpc) is 2.95. The summed E-state index contributed by atoms with van der Waals surface area (Å²) < 4.78 is 5.44. The summed E-state index contributed by atoms with van der Waals surface area (Å²) in [5.41, 5.74) is -0.400. The maximum absolute atomic E-state index is 12.0. The first-order valence-corrected chi connectivity index (χ1v) is 8.30. The zero-order valence-corrected chi connectivity index (χ0v) is 13.5. The van der Waals surface area contributed by atoms with Crippen molar-refractivity contribution in [1.29, 1.82) is 0 Å². The van der Waals surface area contributed by atoms with Crippen LogP contribution >= 0.6 is 0 Å². The minimum Gasteiger partial charge on any atom is -0.444 e. The van der Waals surface area contributed by atoms with Gasteiger partial charge in [-0.05, 0) is 64.3 Å². The predicted octanol–water partition coefficient (Wildman–Crippen LogP) is 2.80. The second kappa shape index (κ2) is 5.64. The molecule has 118 valence electrons. The van der Waals surface area contributed by atoms with E-state index in [1.54, 1.807) is 0 Å². The number of nitrogens with zero attached hydrogens (tertiary/aromatic N) is 1. The van der Waals surface area contributed by atoms with Crippen LogP contribution in [-0.4, -0.2) is 42.3 Å². The topological polar surface area (TPSA) is 41.6 Å². The summed E-state index contributed by atoms with van der Waals surface area (Å²) in [6, 6.07) is 0.671. The molecular weight excluding hydrogens is 264 g/mol. The van der Waals surface area contributed by atoms with E-state index in [1.165, 1.54) is 12.8 Å². The molecule has 4 unspecified atom stereocenters. The largest absolute Gasteiger partial charge is 0.444 e. The van der Waals surface area contributed by atoms with Gasteiger partial charge in [0.1, 0.15) is 5.60 Å². The van der Waals surface area contributed by atoms with E-state index in [9.17, 15) is 4.79 Å². The number of hydrogen-bond acceptors (Lipinski definition) is 3. The number of rotatable bonds is 3. The van der Waals surface area contributed by atoms with Gasteiger partial charge in [0, 0.05) is 19.1 Å². The van der Waals surface area contributed by atoms with Crippen molar-refractivity contribution in [3.8, 4) is 0 Å². The van der Waals surface area contributed by atoms with Gasteiger partial charge < -0.3 is 15.0 Å². The highest BCUT2D eigenvalue weighted by Gasteiger charge is 2.41. The molecule has 1 aliphatic heterocycles. The summed E-state index contributed by atoms with van der Waals surface area (Å²) in [7, 11) is 0. The minimum absolute atomic E-state index is 0.160. The Morgan fingerprint density at radius 2 is 2.24 bits per heavy atom. The highest BCUT2D eigenvalue weighted by Crippen LogP contribution is 2.42. The Morgan fingerprint density at radius 1 is 1.43 bits per heavy atom. The summed E-state index contributed by atoms with van der Waals surface area (Å²) in [4.78, 5) is 13.9. The molecule has 0 radical (unpaired) electrons. The maximum atomic E-state index is 12.0. The monoisotopic (exact) mass is 292 g/mol. The van der Waals surface area contributed by atoms with Crippen LogP contribution in [0.1, 0.15) is 40.0 Å². The van der Waals surface area contributed by atoms with Crippen LogP contribution in [0.4, 0.5) is 4.79 Å². The van der Waals surface area contributed by atoms with Crippen LogP contribution in [0.15, 0.2) is 12.2 Å². The van der Waals surface area contributed by atoms with Crippen LogP contribution in [0, 0.1) is 17.8 Å². The molecule has 0 aromatic rings. The Balaban J connectivity index is 1.39. The fraction of sp³-hybridized carbons (Fsp3) is 0.824. The summed E-state index contributed by atoms with van der Waals surface area (Å²) in [5, 5.41) is 3.71. The molecule has 0 aromatic carbocycles. The van der Waals surface area contributed by atoms with Crippen molar-refractivity contribution >= 4 is 6.09 Å². The molecular formula is C17H28N2O2. The van der Waals surface area contributed by atoms with E-state index in [1.807, 2.05) is 25.7 Å². The number of hydrogen-bond donors (Lipinski definition) is 1. The summed E-state index contributed by atoms with van der Waals surface area (Å²) in [6.07, 6.45) is 8.24. The van der Waals surface area contributed by atoms with Gasteiger partial charge in [-0.3, -0.25) is 0 Å². The average molecular weight is 292 g/mol. The van der Waals surface area contributed by atoms with Gasteiger partial charge in [-0.1, -0.05) is 12.2 Å². The Hall–Kier alpha value is -1.03. The Kier molecular flexibility index (Phi) is 4.00. The van der Waals surface area contributed by atoms with Gasteiger partial charge in [0.25, 0.3) is 0 Å². The van der Waals surface area contributed by atoms with Gasteiger partial charge >= 0.3 is 6.09 Å². The quantitative estimate of drug-likeness (QED) is 0.813. The van der Waals surface area contributed by atoms with Crippen LogP contribution in [0.3, 0.4) is 0 Å². The molecule has 3 rings (SSSR count). The molecule has 0 bridgehead atoms. The van der Waals surface area contributed by atoms with Crippen molar-refractivity contribution in [2.75, 3.05) is 19.6 Å². The molecule has 1 heterocycles. The van der Waals surface area contributed by atoms with Crippen LogP contribution < -0.4 is 5.32 Å². The molecule has 4 nitrogen and oxygen atoms in total. The van der Waals surface area contributed by atoms with E-state index in [0.29, 0.717) is 12.0 Å². The van der Waals surface area contributed by atoms with Crippen molar-refractivity contribution in [1.82, 2.24) is 10.2 Å². The van der Waals surface area contributed by atoms with Gasteiger partial charge in [-0.15, -0.1) is 0 Å². The van der Waals surface area contributed by atoms with Gasteiger partial charge in [-0.25, -0.2) is 4.79 Å². The number of fused-ring (bicyclic) bond motifs is 1. The molecule has 2 fully saturated rings. The lowest BCUT2D eigenvalue weighted by atomic mass is 9.71.